The van der Waals surface area contributed by atoms with Crippen molar-refractivity contribution in [2.24, 2.45) is 11.8 Å². The molecule has 0 saturated heterocycles. The summed E-state index contributed by atoms with van der Waals surface area (Å²) >= 11 is 0. The number of hydrogen-bond acceptors (Lipinski definition) is 2. The zero-order valence-corrected chi connectivity index (χ0v) is 15.5. The number of rotatable bonds is 14. The highest BCUT2D eigenvalue weighted by atomic mass is 16.7. The van der Waals surface area contributed by atoms with Crippen LogP contribution < -0.4 is 0 Å². The van der Waals surface area contributed by atoms with Crippen LogP contribution in [0.5, 0.6) is 0 Å². The van der Waals surface area contributed by atoms with Crippen LogP contribution in [0, 0.1) is 11.8 Å². The first-order valence-corrected chi connectivity index (χ1v) is 9.35. The van der Waals surface area contributed by atoms with Crippen LogP contribution >= 0.6 is 0 Å². The Morgan fingerprint density at radius 1 is 0.762 bits per heavy atom. The van der Waals surface area contributed by atoms with Crippen molar-refractivity contribution in [2.75, 3.05) is 13.2 Å². The second-order valence-corrected chi connectivity index (χ2v) is 6.44. The summed E-state index contributed by atoms with van der Waals surface area (Å²) in [6.07, 6.45) is 10.3. The molecule has 0 aliphatic heterocycles. The SMILES string of the molecule is CCCCCCCCC(C(C)C)C(CC)(OCC)OCC. The van der Waals surface area contributed by atoms with Crippen molar-refractivity contribution < 1.29 is 9.47 Å². The van der Waals surface area contributed by atoms with Crippen LogP contribution in [0.15, 0.2) is 0 Å². The van der Waals surface area contributed by atoms with Gasteiger partial charge in [0.05, 0.1) is 0 Å². The lowest BCUT2D eigenvalue weighted by molar-refractivity contribution is -0.273. The Labute approximate surface area is 134 Å². The predicted molar refractivity (Wildman–Crippen MR) is 92.6 cm³/mol. The van der Waals surface area contributed by atoms with Gasteiger partial charge in [0.2, 0.25) is 0 Å². The van der Waals surface area contributed by atoms with Gasteiger partial charge in [0.15, 0.2) is 5.79 Å². The van der Waals surface area contributed by atoms with E-state index in [0.29, 0.717) is 11.8 Å². The first kappa shape index (κ1) is 20.9. The molecule has 2 heteroatoms. The molecule has 0 amide bonds. The monoisotopic (exact) mass is 300 g/mol. The van der Waals surface area contributed by atoms with Crippen LogP contribution in [-0.2, 0) is 9.47 Å². The maximum Gasteiger partial charge on any atom is 0.170 e. The molecule has 0 aliphatic carbocycles. The lowest BCUT2D eigenvalue weighted by Crippen LogP contribution is -2.45. The van der Waals surface area contributed by atoms with Gasteiger partial charge in [-0.15, -0.1) is 0 Å². The third kappa shape index (κ3) is 7.65. The van der Waals surface area contributed by atoms with Crippen molar-refractivity contribution in [2.45, 2.75) is 98.7 Å². The average Bonchev–Trinajstić information content (AvgIpc) is 2.46. The van der Waals surface area contributed by atoms with Gasteiger partial charge in [-0.3, -0.25) is 0 Å². The summed E-state index contributed by atoms with van der Waals surface area (Å²) in [5.74, 6) is 0.716. The van der Waals surface area contributed by atoms with E-state index in [4.69, 9.17) is 9.47 Å². The highest BCUT2D eigenvalue weighted by molar-refractivity contribution is 4.81. The fourth-order valence-corrected chi connectivity index (χ4v) is 3.42. The topological polar surface area (TPSA) is 18.5 Å². The molecule has 0 heterocycles. The van der Waals surface area contributed by atoms with Crippen LogP contribution in [0.4, 0.5) is 0 Å². The lowest BCUT2D eigenvalue weighted by atomic mass is 9.81. The van der Waals surface area contributed by atoms with E-state index < -0.39 is 0 Å². The quantitative estimate of drug-likeness (QED) is 0.281. The number of unbranched alkanes of at least 4 members (excludes halogenated alkanes) is 5. The maximum absolute atomic E-state index is 6.12. The zero-order valence-electron chi connectivity index (χ0n) is 15.5. The minimum absolute atomic E-state index is 0.374. The molecule has 21 heavy (non-hydrogen) atoms. The predicted octanol–water partition coefficient (Wildman–Crippen LogP) is 6.19. The number of hydrogen-bond donors (Lipinski definition) is 0. The second kappa shape index (κ2) is 12.5. The van der Waals surface area contributed by atoms with Gasteiger partial charge in [-0.1, -0.05) is 66.2 Å². The van der Waals surface area contributed by atoms with Crippen molar-refractivity contribution in [3.8, 4) is 0 Å². The molecule has 0 fully saturated rings. The Morgan fingerprint density at radius 3 is 1.71 bits per heavy atom. The van der Waals surface area contributed by atoms with Crippen LogP contribution in [-0.4, -0.2) is 19.0 Å². The zero-order chi connectivity index (χ0) is 16.1. The van der Waals surface area contributed by atoms with Gasteiger partial charge in [0.25, 0.3) is 0 Å². The summed E-state index contributed by atoms with van der Waals surface area (Å²) in [6.45, 7) is 14.7. The lowest BCUT2D eigenvalue weighted by Gasteiger charge is -2.41. The van der Waals surface area contributed by atoms with Crippen molar-refractivity contribution >= 4 is 0 Å². The molecule has 0 aromatic heterocycles. The molecule has 2 nitrogen and oxygen atoms in total. The van der Waals surface area contributed by atoms with Gasteiger partial charge in [0.1, 0.15) is 0 Å². The van der Waals surface area contributed by atoms with Gasteiger partial charge < -0.3 is 9.47 Å². The molecular formula is C19H40O2. The smallest absolute Gasteiger partial charge is 0.170 e. The minimum atomic E-state index is -0.374. The highest BCUT2D eigenvalue weighted by Crippen LogP contribution is 2.37. The standard InChI is InChI=1S/C19H40O2/c1-7-11-12-13-14-15-16-18(17(5)6)19(8-2,20-9-3)21-10-4/h17-18H,7-16H2,1-6H3. The second-order valence-electron chi connectivity index (χ2n) is 6.44. The van der Waals surface area contributed by atoms with Gasteiger partial charge in [-0.25, -0.2) is 0 Å². The van der Waals surface area contributed by atoms with Crippen LogP contribution in [0.2, 0.25) is 0 Å². The third-order valence-electron chi connectivity index (χ3n) is 4.51. The maximum atomic E-state index is 6.12. The Morgan fingerprint density at radius 2 is 1.29 bits per heavy atom. The van der Waals surface area contributed by atoms with Crippen LogP contribution in [0.1, 0.15) is 92.9 Å². The summed E-state index contributed by atoms with van der Waals surface area (Å²) in [4.78, 5) is 0. The fraction of sp³-hybridized carbons (Fsp3) is 1.00. The normalized spacial score (nSPS) is 13.9. The van der Waals surface area contributed by atoms with Crippen LogP contribution in [0.25, 0.3) is 0 Å². The Bertz CT molecular complexity index is 220. The van der Waals surface area contributed by atoms with E-state index in [2.05, 4.69) is 41.5 Å². The van der Waals surface area contributed by atoms with Crippen molar-refractivity contribution in [3.05, 3.63) is 0 Å². The van der Waals surface area contributed by atoms with Gasteiger partial charge in [0, 0.05) is 19.1 Å². The first-order chi connectivity index (χ1) is 10.1. The van der Waals surface area contributed by atoms with E-state index in [1.807, 2.05) is 0 Å². The molecule has 0 N–H and O–H groups in total. The van der Waals surface area contributed by atoms with Crippen molar-refractivity contribution in [1.29, 1.82) is 0 Å². The van der Waals surface area contributed by atoms with E-state index in [1.54, 1.807) is 0 Å². The van der Waals surface area contributed by atoms with Crippen molar-refractivity contribution in [3.63, 3.8) is 0 Å². The van der Waals surface area contributed by atoms with Gasteiger partial charge in [-0.2, -0.15) is 0 Å². The fourth-order valence-electron chi connectivity index (χ4n) is 3.42. The summed E-state index contributed by atoms with van der Waals surface area (Å²) in [6, 6.07) is 0. The summed E-state index contributed by atoms with van der Waals surface area (Å²) < 4.78 is 12.2. The third-order valence-corrected chi connectivity index (χ3v) is 4.51. The van der Waals surface area contributed by atoms with E-state index in [-0.39, 0.29) is 5.79 Å². The summed E-state index contributed by atoms with van der Waals surface area (Å²) in [5.41, 5.74) is 0. The molecule has 0 aromatic rings. The Kier molecular flexibility index (Phi) is 12.4. The minimum Gasteiger partial charge on any atom is -0.350 e. The Balaban J connectivity index is 4.52. The van der Waals surface area contributed by atoms with E-state index in [9.17, 15) is 0 Å². The first-order valence-electron chi connectivity index (χ1n) is 9.35. The molecular weight excluding hydrogens is 260 g/mol. The molecule has 128 valence electrons. The largest absolute Gasteiger partial charge is 0.350 e. The number of ether oxygens (including phenoxy) is 2. The van der Waals surface area contributed by atoms with Gasteiger partial charge in [-0.05, 0) is 32.6 Å². The molecule has 0 aromatic carbocycles. The highest BCUT2D eigenvalue weighted by Gasteiger charge is 2.40. The van der Waals surface area contributed by atoms with Crippen molar-refractivity contribution in [1.82, 2.24) is 0 Å². The molecule has 0 aliphatic rings. The van der Waals surface area contributed by atoms with Gasteiger partial charge >= 0.3 is 0 Å². The summed E-state index contributed by atoms with van der Waals surface area (Å²) in [7, 11) is 0. The molecule has 1 unspecified atom stereocenters. The Hall–Kier alpha value is -0.0800. The molecule has 0 rings (SSSR count). The summed E-state index contributed by atoms with van der Waals surface area (Å²) in [5, 5.41) is 0. The molecule has 0 bridgehead atoms. The molecule has 1 atom stereocenters. The van der Waals surface area contributed by atoms with E-state index in [0.717, 1.165) is 19.6 Å². The average molecular weight is 301 g/mol. The molecule has 0 spiro atoms. The molecule has 0 radical (unpaired) electrons. The molecule has 0 saturated carbocycles. The van der Waals surface area contributed by atoms with Crippen LogP contribution in [0.3, 0.4) is 0 Å². The van der Waals surface area contributed by atoms with E-state index >= 15 is 0 Å². The van der Waals surface area contributed by atoms with E-state index in [1.165, 1.54) is 44.9 Å².